The molecule has 0 radical (unpaired) electrons. The summed E-state index contributed by atoms with van der Waals surface area (Å²) in [4.78, 5) is 8.38. The van der Waals surface area contributed by atoms with E-state index in [9.17, 15) is 0 Å². The van der Waals surface area contributed by atoms with Gasteiger partial charge in [0.05, 0.1) is 11.0 Å². The summed E-state index contributed by atoms with van der Waals surface area (Å²) in [7, 11) is 0. The van der Waals surface area contributed by atoms with E-state index in [0.29, 0.717) is 0 Å². The topological polar surface area (TPSA) is 51.8 Å². The van der Waals surface area contributed by atoms with Gasteiger partial charge in [-0.15, -0.1) is 6.58 Å². The molecule has 1 aromatic carbocycles. The standard InChI is InChI=1S/C11H11N3/c1-2-9(12)8-3-4-10-11(7-8)14-6-5-13-10/h2-7,9H,1,12H2. The highest BCUT2D eigenvalue weighted by molar-refractivity contribution is 5.74. The molecular weight excluding hydrogens is 174 g/mol. The Kier molecular flexibility index (Phi) is 2.24. The van der Waals surface area contributed by atoms with Crippen LogP contribution in [0, 0.1) is 0 Å². The molecule has 2 rings (SSSR count). The van der Waals surface area contributed by atoms with Gasteiger partial charge in [0, 0.05) is 18.4 Å². The van der Waals surface area contributed by atoms with E-state index in [1.54, 1.807) is 18.5 Å². The van der Waals surface area contributed by atoms with E-state index in [-0.39, 0.29) is 6.04 Å². The van der Waals surface area contributed by atoms with Crippen LogP contribution in [-0.4, -0.2) is 9.97 Å². The predicted octanol–water partition coefficient (Wildman–Crippen LogP) is 1.82. The summed E-state index contributed by atoms with van der Waals surface area (Å²) in [6.07, 6.45) is 5.05. The van der Waals surface area contributed by atoms with Gasteiger partial charge in [0.15, 0.2) is 0 Å². The predicted molar refractivity (Wildman–Crippen MR) is 56.7 cm³/mol. The molecule has 0 saturated heterocycles. The maximum absolute atomic E-state index is 5.82. The monoisotopic (exact) mass is 185 g/mol. The lowest BCUT2D eigenvalue weighted by Crippen LogP contribution is -2.06. The summed E-state index contributed by atoms with van der Waals surface area (Å²) in [5.74, 6) is 0. The van der Waals surface area contributed by atoms with Crippen LogP contribution in [0.15, 0.2) is 43.2 Å². The summed E-state index contributed by atoms with van der Waals surface area (Å²) in [6, 6.07) is 5.67. The lowest BCUT2D eigenvalue weighted by atomic mass is 10.1. The molecule has 0 fully saturated rings. The summed E-state index contributed by atoms with van der Waals surface area (Å²) in [6.45, 7) is 3.66. The molecule has 0 aliphatic carbocycles. The fraction of sp³-hybridized carbons (Fsp3) is 0.0909. The maximum atomic E-state index is 5.82. The SMILES string of the molecule is C=CC(N)c1ccc2nccnc2c1. The molecule has 1 atom stereocenters. The second-order valence-electron chi connectivity index (χ2n) is 3.07. The maximum Gasteiger partial charge on any atom is 0.0890 e. The van der Waals surface area contributed by atoms with Crippen LogP contribution < -0.4 is 5.73 Å². The molecule has 0 spiro atoms. The lowest BCUT2D eigenvalue weighted by molar-refractivity contribution is 0.916. The minimum atomic E-state index is -0.138. The van der Waals surface area contributed by atoms with Gasteiger partial charge < -0.3 is 5.73 Å². The van der Waals surface area contributed by atoms with Crippen molar-refractivity contribution in [2.24, 2.45) is 5.73 Å². The van der Waals surface area contributed by atoms with Gasteiger partial charge in [-0.2, -0.15) is 0 Å². The molecule has 70 valence electrons. The zero-order valence-corrected chi connectivity index (χ0v) is 7.72. The Morgan fingerprint density at radius 2 is 1.93 bits per heavy atom. The molecule has 1 heterocycles. The highest BCUT2D eigenvalue weighted by Crippen LogP contribution is 2.16. The van der Waals surface area contributed by atoms with E-state index in [1.165, 1.54) is 0 Å². The lowest BCUT2D eigenvalue weighted by Gasteiger charge is -2.06. The molecule has 1 aromatic heterocycles. The molecule has 0 saturated carbocycles. The van der Waals surface area contributed by atoms with Crippen molar-refractivity contribution in [2.75, 3.05) is 0 Å². The molecule has 0 aliphatic heterocycles. The number of nitrogens with zero attached hydrogens (tertiary/aromatic N) is 2. The summed E-state index contributed by atoms with van der Waals surface area (Å²) < 4.78 is 0. The normalized spacial score (nSPS) is 12.6. The first-order valence-electron chi connectivity index (χ1n) is 4.40. The molecule has 0 amide bonds. The number of nitrogens with two attached hydrogens (primary N) is 1. The van der Waals surface area contributed by atoms with Crippen molar-refractivity contribution >= 4 is 11.0 Å². The number of fused-ring (bicyclic) bond motifs is 1. The van der Waals surface area contributed by atoms with Crippen molar-refractivity contribution in [1.29, 1.82) is 0 Å². The van der Waals surface area contributed by atoms with Crippen molar-refractivity contribution in [3.8, 4) is 0 Å². The highest BCUT2D eigenvalue weighted by Gasteiger charge is 2.02. The van der Waals surface area contributed by atoms with Crippen molar-refractivity contribution < 1.29 is 0 Å². The van der Waals surface area contributed by atoms with E-state index in [2.05, 4.69) is 16.5 Å². The van der Waals surface area contributed by atoms with E-state index in [1.807, 2.05) is 18.2 Å². The Morgan fingerprint density at radius 1 is 1.21 bits per heavy atom. The fourth-order valence-corrected chi connectivity index (χ4v) is 1.32. The first-order valence-corrected chi connectivity index (χ1v) is 4.40. The van der Waals surface area contributed by atoms with Crippen LogP contribution in [0.5, 0.6) is 0 Å². The first kappa shape index (κ1) is 8.84. The zero-order valence-electron chi connectivity index (χ0n) is 7.72. The average Bonchev–Trinajstić information content (AvgIpc) is 2.27. The van der Waals surface area contributed by atoms with Crippen molar-refractivity contribution in [1.82, 2.24) is 9.97 Å². The first-order chi connectivity index (χ1) is 6.81. The Hall–Kier alpha value is -1.74. The third-order valence-corrected chi connectivity index (χ3v) is 2.13. The third-order valence-electron chi connectivity index (χ3n) is 2.13. The molecule has 2 N–H and O–H groups in total. The van der Waals surface area contributed by atoms with Crippen LogP contribution in [0.4, 0.5) is 0 Å². The van der Waals surface area contributed by atoms with Crippen LogP contribution >= 0.6 is 0 Å². The molecule has 1 unspecified atom stereocenters. The quantitative estimate of drug-likeness (QED) is 0.726. The van der Waals surface area contributed by atoms with Crippen LogP contribution in [0.3, 0.4) is 0 Å². The Morgan fingerprint density at radius 3 is 2.64 bits per heavy atom. The van der Waals surface area contributed by atoms with Crippen LogP contribution in [0.2, 0.25) is 0 Å². The van der Waals surface area contributed by atoms with E-state index in [0.717, 1.165) is 16.6 Å². The molecule has 3 nitrogen and oxygen atoms in total. The minimum absolute atomic E-state index is 0.138. The van der Waals surface area contributed by atoms with Gasteiger partial charge in [-0.3, -0.25) is 9.97 Å². The van der Waals surface area contributed by atoms with Gasteiger partial charge >= 0.3 is 0 Å². The largest absolute Gasteiger partial charge is 0.321 e. The highest BCUT2D eigenvalue weighted by atomic mass is 14.8. The van der Waals surface area contributed by atoms with Gasteiger partial charge in [-0.1, -0.05) is 12.1 Å². The van der Waals surface area contributed by atoms with Gasteiger partial charge in [0.25, 0.3) is 0 Å². The number of benzene rings is 1. The molecule has 0 aliphatic rings. The van der Waals surface area contributed by atoms with E-state index < -0.39 is 0 Å². The third kappa shape index (κ3) is 1.49. The second kappa shape index (κ2) is 3.55. The number of hydrogen-bond donors (Lipinski definition) is 1. The molecule has 2 aromatic rings. The van der Waals surface area contributed by atoms with Gasteiger partial charge in [-0.25, -0.2) is 0 Å². The van der Waals surface area contributed by atoms with E-state index in [4.69, 9.17) is 5.73 Å². The van der Waals surface area contributed by atoms with E-state index >= 15 is 0 Å². The Balaban J connectivity index is 2.56. The molecular formula is C11H11N3. The minimum Gasteiger partial charge on any atom is -0.321 e. The van der Waals surface area contributed by atoms with Crippen LogP contribution in [0.1, 0.15) is 11.6 Å². The number of hydrogen-bond acceptors (Lipinski definition) is 3. The smallest absolute Gasteiger partial charge is 0.0890 e. The van der Waals surface area contributed by atoms with Crippen molar-refractivity contribution in [3.05, 3.63) is 48.8 Å². The summed E-state index contributed by atoms with van der Waals surface area (Å²) in [5.41, 5.74) is 8.57. The number of aromatic nitrogens is 2. The Labute approximate surface area is 82.3 Å². The second-order valence-corrected chi connectivity index (χ2v) is 3.07. The number of rotatable bonds is 2. The summed E-state index contributed by atoms with van der Waals surface area (Å²) in [5, 5.41) is 0. The van der Waals surface area contributed by atoms with Crippen molar-refractivity contribution in [2.45, 2.75) is 6.04 Å². The van der Waals surface area contributed by atoms with Crippen LogP contribution in [0.25, 0.3) is 11.0 Å². The zero-order chi connectivity index (χ0) is 9.97. The summed E-state index contributed by atoms with van der Waals surface area (Å²) >= 11 is 0. The van der Waals surface area contributed by atoms with Crippen molar-refractivity contribution in [3.63, 3.8) is 0 Å². The molecule has 0 bridgehead atoms. The Bertz CT molecular complexity index is 465. The fourth-order valence-electron chi connectivity index (χ4n) is 1.32. The van der Waals surface area contributed by atoms with Gasteiger partial charge in [-0.05, 0) is 17.7 Å². The van der Waals surface area contributed by atoms with Gasteiger partial charge in [0.1, 0.15) is 0 Å². The molecule has 3 heteroatoms. The average molecular weight is 185 g/mol. The van der Waals surface area contributed by atoms with Gasteiger partial charge in [0.2, 0.25) is 0 Å². The van der Waals surface area contributed by atoms with Crippen LogP contribution in [-0.2, 0) is 0 Å². The molecule has 14 heavy (non-hydrogen) atoms.